The Labute approximate surface area is 160 Å². The van der Waals surface area contributed by atoms with E-state index in [2.05, 4.69) is 15.3 Å². The molecule has 4 rings (SSSR count). The van der Waals surface area contributed by atoms with Crippen LogP contribution in [0, 0.1) is 5.41 Å². The van der Waals surface area contributed by atoms with Gasteiger partial charge < -0.3 is 20.7 Å². The summed E-state index contributed by atoms with van der Waals surface area (Å²) in [6.45, 7) is 1.09. The topological polar surface area (TPSA) is 105 Å². The van der Waals surface area contributed by atoms with Crippen LogP contribution < -0.4 is 15.1 Å². The predicted molar refractivity (Wildman–Crippen MR) is 104 cm³/mol. The minimum Gasteiger partial charge on any atom is -0.508 e. The molecule has 1 amide bonds. The average molecular weight is 382 g/mol. The van der Waals surface area contributed by atoms with Crippen molar-refractivity contribution < 1.29 is 14.3 Å². The maximum atomic E-state index is 13.3. The third-order valence-electron chi connectivity index (χ3n) is 4.71. The molecule has 0 unspecified atom stereocenters. The quantitative estimate of drug-likeness (QED) is 0.700. The summed E-state index contributed by atoms with van der Waals surface area (Å²) in [6, 6.07) is 6.39. The molecule has 2 aromatic rings. The number of carbonyl (C=O) groups is 1. The van der Waals surface area contributed by atoms with Gasteiger partial charge in [-0.1, -0.05) is 0 Å². The molecule has 2 saturated heterocycles. The van der Waals surface area contributed by atoms with Crippen molar-refractivity contribution in [2.45, 2.75) is 12.6 Å². The molecule has 4 heterocycles. The van der Waals surface area contributed by atoms with Crippen LogP contribution in [-0.4, -0.2) is 52.5 Å². The molecule has 9 heteroatoms. The Morgan fingerprint density at radius 3 is 2.82 bits per heavy atom. The largest absolute Gasteiger partial charge is 0.508 e. The molecule has 1 atom stereocenters. The van der Waals surface area contributed by atoms with Crippen molar-refractivity contribution in [1.82, 2.24) is 9.97 Å². The molecular weight excluding hydrogens is 363 g/mol. The third-order valence-corrected chi connectivity index (χ3v) is 4.71. The Morgan fingerprint density at radius 2 is 2.14 bits per heavy atom. The number of pyridine rings is 2. The van der Waals surface area contributed by atoms with Gasteiger partial charge in [0.15, 0.2) is 0 Å². The molecular formula is C19H19FN6O2. The molecule has 0 saturated carbocycles. The van der Waals surface area contributed by atoms with Gasteiger partial charge in [-0.15, -0.1) is 0 Å². The molecule has 2 aliphatic rings. The number of hydrogen-bond donors (Lipinski definition) is 3. The number of nitrogens with one attached hydrogen (secondary N) is 2. The summed E-state index contributed by atoms with van der Waals surface area (Å²) in [4.78, 5) is 24.2. The zero-order valence-electron chi connectivity index (χ0n) is 15.0. The maximum absolute atomic E-state index is 13.3. The third kappa shape index (κ3) is 3.51. The molecule has 0 spiro atoms. The normalized spacial score (nSPS) is 21.0. The number of halogens is 1. The molecule has 0 aromatic carbocycles. The highest BCUT2D eigenvalue weighted by Gasteiger charge is 2.32. The second kappa shape index (κ2) is 7.26. The van der Waals surface area contributed by atoms with Crippen LogP contribution in [0.15, 0.2) is 48.4 Å². The first-order valence-electron chi connectivity index (χ1n) is 8.88. The van der Waals surface area contributed by atoms with Crippen molar-refractivity contribution in [3.63, 3.8) is 0 Å². The fraction of sp³-hybridized carbons (Fsp3) is 0.263. The number of rotatable bonds is 4. The van der Waals surface area contributed by atoms with Gasteiger partial charge in [0.25, 0.3) is 5.91 Å². The molecule has 0 bridgehead atoms. The van der Waals surface area contributed by atoms with E-state index >= 15 is 0 Å². The molecule has 2 fully saturated rings. The Morgan fingerprint density at radius 1 is 1.29 bits per heavy atom. The van der Waals surface area contributed by atoms with Gasteiger partial charge in [-0.05, 0) is 24.6 Å². The van der Waals surface area contributed by atoms with E-state index in [1.165, 1.54) is 29.4 Å². The van der Waals surface area contributed by atoms with Crippen LogP contribution in [0.2, 0.25) is 0 Å². The first-order valence-corrected chi connectivity index (χ1v) is 8.88. The monoisotopic (exact) mass is 382 g/mol. The number of alkyl halides is 1. The lowest BCUT2D eigenvalue weighted by Crippen LogP contribution is -2.25. The number of anilines is 3. The lowest BCUT2D eigenvalue weighted by Gasteiger charge is -2.16. The molecule has 8 nitrogen and oxygen atoms in total. The van der Waals surface area contributed by atoms with Crippen molar-refractivity contribution in [2.75, 3.05) is 34.8 Å². The van der Waals surface area contributed by atoms with Crippen LogP contribution in [0.1, 0.15) is 6.42 Å². The van der Waals surface area contributed by atoms with Gasteiger partial charge in [0, 0.05) is 25.0 Å². The fourth-order valence-electron chi connectivity index (χ4n) is 3.22. The summed E-state index contributed by atoms with van der Waals surface area (Å²) in [5.74, 6) is 0.638. The van der Waals surface area contributed by atoms with Crippen molar-refractivity contribution in [1.29, 1.82) is 5.41 Å². The number of aromatic nitrogens is 2. The van der Waals surface area contributed by atoms with Gasteiger partial charge in [0.05, 0.1) is 36.3 Å². The SMILES string of the molecule is N=C1CN(c2cc(O)ccn2)C(=O)/C1=C/Nc1ccc(N2CC[C@H](F)C2)nc1. The number of hydrogen-bond acceptors (Lipinski definition) is 7. The van der Waals surface area contributed by atoms with E-state index in [1.54, 1.807) is 18.3 Å². The average Bonchev–Trinajstić information content (AvgIpc) is 3.24. The van der Waals surface area contributed by atoms with E-state index in [-0.39, 0.29) is 29.5 Å². The molecule has 0 radical (unpaired) electrons. The number of aromatic hydroxyl groups is 1. The smallest absolute Gasteiger partial charge is 0.263 e. The lowest BCUT2D eigenvalue weighted by molar-refractivity contribution is -0.114. The van der Waals surface area contributed by atoms with Gasteiger partial charge in [0.1, 0.15) is 23.6 Å². The first kappa shape index (κ1) is 17.9. The second-order valence-electron chi connectivity index (χ2n) is 6.68. The standard InChI is InChI=1S/C19H19FN6O2/c20-12-4-6-25(10-12)17-2-1-13(8-24-17)23-9-15-16(21)11-26(19(15)28)18-7-14(27)3-5-22-18/h1-3,5,7-9,12,21,23H,4,6,10-11H2,(H,22,27)/b15-9+,21-16?/t12-/m0/s1. The van der Waals surface area contributed by atoms with Crippen molar-refractivity contribution in [2.24, 2.45) is 0 Å². The van der Waals surface area contributed by atoms with Crippen LogP contribution in [-0.2, 0) is 4.79 Å². The fourth-order valence-corrected chi connectivity index (χ4v) is 3.22. The predicted octanol–water partition coefficient (Wildman–Crippen LogP) is 2.09. The lowest BCUT2D eigenvalue weighted by atomic mass is 10.2. The zero-order valence-corrected chi connectivity index (χ0v) is 15.0. The van der Waals surface area contributed by atoms with Crippen molar-refractivity contribution in [3.05, 3.63) is 48.4 Å². The minimum absolute atomic E-state index is 0.00290. The van der Waals surface area contributed by atoms with E-state index in [4.69, 9.17) is 5.41 Å². The molecule has 28 heavy (non-hydrogen) atoms. The Balaban J connectivity index is 1.45. The first-order chi connectivity index (χ1) is 13.5. The molecule has 144 valence electrons. The summed E-state index contributed by atoms with van der Waals surface area (Å²) in [6.07, 6.45) is 4.18. The molecule has 2 aromatic heterocycles. The molecule has 0 aliphatic carbocycles. The number of carbonyl (C=O) groups excluding carboxylic acids is 1. The van der Waals surface area contributed by atoms with Crippen LogP contribution in [0.3, 0.4) is 0 Å². The highest BCUT2D eigenvalue weighted by molar-refractivity contribution is 6.32. The maximum Gasteiger partial charge on any atom is 0.263 e. The minimum atomic E-state index is -0.812. The Bertz CT molecular complexity index is 946. The van der Waals surface area contributed by atoms with E-state index < -0.39 is 6.17 Å². The van der Waals surface area contributed by atoms with Crippen molar-refractivity contribution >= 4 is 28.9 Å². The second-order valence-corrected chi connectivity index (χ2v) is 6.68. The van der Waals surface area contributed by atoms with Crippen LogP contribution in [0.5, 0.6) is 5.75 Å². The van der Waals surface area contributed by atoms with E-state index in [1.807, 2.05) is 4.90 Å². The Hall–Kier alpha value is -3.49. The van der Waals surface area contributed by atoms with E-state index in [0.717, 1.165) is 0 Å². The highest BCUT2D eigenvalue weighted by Crippen LogP contribution is 2.24. The summed E-state index contributed by atoms with van der Waals surface area (Å²) >= 11 is 0. The van der Waals surface area contributed by atoms with Crippen LogP contribution in [0.4, 0.5) is 21.7 Å². The van der Waals surface area contributed by atoms with Gasteiger partial charge in [0.2, 0.25) is 0 Å². The van der Waals surface area contributed by atoms with Gasteiger partial charge in [-0.2, -0.15) is 0 Å². The molecule has 3 N–H and O–H groups in total. The number of amides is 1. The van der Waals surface area contributed by atoms with Crippen LogP contribution in [0.25, 0.3) is 0 Å². The van der Waals surface area contributed by atoms with E-state index in [9.17, 15) is 14.3 Å². The summed E-state index contributed by atoms with van der Waals surface area (Å²) in [5, 5.41) is 20.6. The van der Waals surface area contributed by atoms with Gasteiger partial charge >= 0.3 is 0 Å². The van der Waals surface area contributed by atoms with Crippen LogP contribution >= 0.6 is 0 Å². The van der Waals surface area contributed by atoms with Crippen molar-refractivity contribution in [3.8, 4) is 5.75 Å². The highest BCUT2D eigenvalue weighted by atomic mass is 19.1. The zero-order chi connectivity index (χ0) is 19.7. The van der Waals surface area contributed by atoms with Gasteiger partial charge in [-0.25, -0.2) is 14.4 Å². The summed E-state index contributed by atoms with van der Waals surface area (Å²) < 4.78 is 13.3. The summed E-state index contributed by atoms with van der Waals surface area (Å²) in [7, 11) is 0. The Kier molecular flexibility index (Phi) is 4.64. The van der Waals surface area contributed by atoms with Gasteiger partial charge in [-0.3, -0.25) is 9.69 Å². The van der Waals surface area contributed by atoms with E-state index in [0.29, 0.717) is 36.8 Å². The number of nitrogens with zero attached hydrogens (tertiary/aromatic N) is 4. The molecule has 2 aliphatic heterocycles. The summed E-state index contributed by atoms with van der Waals surface area (Å²) in [5.41, 5.74) is 1.02.